The number of alkyl halides is 1. The van der Waals surface area contributed by atoms with Crippen molar-refractivity contribution < 1.29 is 28.5 Å². The Morgan fingerprint density at radius 2 is 1.82 bits per heavy atom. The average Bonchev–Trinajstić information content (AvgIpc) is 2.05. The van der Waals surface area contributed by atoms with E-state index in [4.69, 9.17) is 11.6 Å². The largest absolute Gasteiger partial charge is 1.00 e. The Morgan fingerprint density at radius 3 is 2.27 bits per heavy atom. The summed E-state index contributed by atoms with van der Waals surface area (Å²) in [6, 6.07) is 6.40. The van der Waals surface area contributed by atoms with Crippen molar-refractivity contribution in [3.8, 4) is 0 Å². The summed E-state index contributed by atoms with van der Waals surface area (Å²) in [7, 11) is 0. The first-order valence-electron chi connectivity index (χ1n) is 3.36. The van der Waals surface area contributed by atoms with Crippen molar-refractivity contribution in [2.24, 2.45) is 0 Å². The van der Waals surface area contributed by atoms with Gasteiger partial charge in [-0.05, 0) is 6.92 Å². The summed E-state index contributed by atoms with van der Waals surface area (Å²) >= 11 is 5.67. The Balaban J connectivity index is 0.000001000. The van der Waals surface area contributed by atoms with Gasteiger partial charge < -0.3 is 24.0 Å². The van der Waals surface area contributed by atoms with Crippen molar-refractivity contribution in [3.63, 3.8) is 0 Å². The van der Waals surface area contributed by atoms with Gasteiger partial charge in [-0.3, -0.25) is 0 Å². The van der Waals surface area contributed by atoms with Gasteiger partial charge in [0.25, 0.3) is 0 Å². The summed E-state index contributed by atoms with van der Waals surface area (Å²) in [5.74, 6) is 0.661. The minimum atomic E-state index is 0. The minimum Gasteiger partial charge on any atom is -1.00 e. The van der Waals surface area contributed by atoms with Gasteiger partial charge in [-0.2, -0.15) is 0 Å². The maximum absolute atomic E-state index is 5.67. The molecule has 3 heteroatoms. The summed E-state index contributed by atoms with van der Waals surface area (Å²) < 4.78 is 2.09. The molecule has 1 nitrogen and oxygen atoms in total. The molecule has 0 bridgehead atoms. The van der Waals surface area contributed by atoms with Gasteiger partial charge in [-0.25, -0.2) is 4.57 Å². The lowest BCUT2D eigenvalue weighted by Crippen LogP contribution is -3.00. The molecule has 0 radical (unpaired) electrons. The van der Waals surface area contributed by atoms with Gasteiger partial charge in [0.1, 0.15) is 0 Å². The molecule has 0 saturated heterocycles. The zero-order chi connectivity index (χ0) is 7.40. The second-order valence-electron chi connectivity index (χ2n) is 2.33. The summed E-state index contributed by atoms with van der Waals surface area (Å²) in [6.07, 6.45) is 4.04. The number of aromatic nitrogens is 1. The fourth-order valence-electron chi connectivity index (χ4n) is 0.786. The van der Waals surface area contributed by atoms with E-state index >= 15 is 0 Å². The molecule has 0 saturated carbocycles. The van der Waals surface area contributed by atoms with Gasteiger partial charge in [-0.15, -0.1) is 11.6 Å². The molecule has 1 unspecified atom stereocenters. The Bertz CT molecular complexity index is 191. The van der Waals surface area contributed by atoms with E-state index in [9.17, 15) is 0 Å². The number of hydrogen-bond acceptors (Lipinski definition) is 0. The summed E-state index contributed by atoms with van der Waals surface area (Å²) in [4.78, 5) is 0. The third kappa shape index (κ3) is 3.38. The zero-order valence-electron chi connectivity index (χ0n) is 6.37. The van der Waals surface area contributed by atoms with Gasteiger partial charge in [0.15, 0.2) is 18.4 Å². The van der Waals surface area contributed by atoms with E-state index in [1.165, 1.54) is 0 Å². The molecule has 0 amide bonds. The highest BCUT2D eigenvalue weighted by Crippen LogP contribution is 1.95. The average molecular weight is 284 g/mol. The Morgan fingerprint density at radius 1 is 1.27 bits per heavy atom. The van der Waals surface area contributed by atoms with Crippen LogP contribution in [-0.4, -0.2) is 5.88 Å². The van der Waals surface area contributed by atoms with Crippen molar-refractivity contribution >= 4 is 11.6 Å². The third-order valence-electron chi connectivity index (χ3n) is 1.47. The first kappa shape index (κ1) is 11.2. The number of nitrogens with zero attached hydrogens (tertiary/aromatic N) is 1. The normalized spacial score (nSPS) is 11.8. The predicted octanol–water partition coefficient (Wildman–Crippen LogP) is -1.22. The van der Waals surface area contributed by atoms with Crippen LogP contribution in [0.4, 0.5) is 0 Å². The van der Waals surface area contributed by atoms with E-state index in [2.05, 4.69) is 11.5 Å². The topological polar surface area (TPSA) is 3.88 Å². The van der Waals surface area contributed by atoms with Crippen LogP contribution in [0.25, 0.3) is 0 Å². The molecule has 0 aliphatic rings. The zero-order valence-corrected chi connectivity index (χ0v) is 9.29. The van der Waals surface area contributed by atoms with Crippen molar-refractivity contribution in [3.05, 3.63) is 30.6 Å². The smallest absolute Gasteiger partial charge is 0.169 e. The highest BCUT2D eigenvalue weighted by molar-refractivity contribution is 6.18. The first-order chi connectivity index (χ1) is 4.84. The van der Waals surface area contributed by atoms with Crippen LogP contribution < -0.4 is 28.5 Å². The molecule has 1 rings (SSSR count). The number of hydrogen-bond donors (Lipinski definition) is 0. The monoisotopic (exact) mass is 283 g/mol. The Hall–Kier alpha value is 0.170. The quantitative estimate of drug-likeness (QED) is 0.364. The van der Waals surface area contributed by atoms with E-state index < -0.39 is 0 Å². The standard InChI is InChI=1S/C8H11ClN.HI/c1-8(7-9)10-5-3-2-4-6-10;/h2-6,8H,7H2,1H3;1H/q+1;/p-1. The molecule has 0 spiro atoms. The number of pyridine rings is 1. The van der Waals surface area contributed by atoms with Crippen LogP contribution in [0, 0.1) is 0 Å². The Kier molecular flexibility index (Phi) is 5.86. The summed E-state index contributed by atoms with van der Waals surface area (Å²) in [5, 5.41) is 0. The molecule has 1 aromatic heterocycles. The van der Waals surface area contributed by atoms with Crippen molar-refractivity contribution in [2.45, 2.75) is 13.0 Å². The Labute approximate surface area is 89.4 Å². The van der Waals surface area contributed by atoms with E-state index in [1.807, 2.05) is 30.6 Å². The lowest BCUT2D eigenvalue weighted by Gasteiger charge is -1.99. The fourth-order valence-corrected chi connectivity index (χ4v) is 0.945. The first-order valence-corrected chi connectivity index (χ1v) is 3.90. The van der Waals surface area contributed by atoms with Crippen LogP contribution in [0.15, 0.2) is 30.6 Å². The maximum atomic E-state index is 5.67. The molecule has 1 atom stereocenters. The van der Waals surface area contributed by atoms with Crippen LogP contribution in [0.3, 0.4) is 0 Å². The third-order valence-corrected chi connectivity index (χ3v) is 1.92. The molecular weight excluding hydrogens is 272 g/mol. The predicted molar refractivity (Wildman–Crippen MR) is 42.1 cm³/mol. The molecule has 1 heterocycles. The van der Waals surface area contributed by atoms with E-state index in [0.29, 0.717) is 11.9 Å². The fraction of sp³-hybridized carbons (Fsp3) is 0.375. The highest BCUT2D eigenvalue weighted by Gasteiger charge is 2.07. The lowest BCUT2D eigenvalue weighted by molar-refractivity contribution is -0.715. The SMILES string of the molecule is CC(CCl)[n+]1ccccc1.[I-]. The second-order valence-corrected chi connectivity index (χ2v) is 2.63. The van der Waals surface area contributed by atoms with Gasteiger partial charge in [0.2, 0.25) is 0 Å². The van der Waals surface area contributed by atoms with E-state index in [0.717, 1.165) is 0 Å². The second kappa shape index (κ2) is 5.77. The minimum absolute atomic E-state index is 0. The molecule has 0 fully saturated rings. The highest BCUT2D eigenvalue weighted by atomic mass is 127. The van der Waals surface area contributed by atoms with Crippen LogP contribution in [0.1, 0.15) is 13.0 Å². The molecular formula is C8H11ClIN. The molecule has 11 heavy (non-hydrogen) atoms. The van der Waals surface area contributed by atoms with Crippen LogP contribution in [-0.2, 0) is 0 Å². The van der Waals surface area contributed by atoms with E-state index in [1.54, 1.807) is 0 Å². The van der Waals surface area contributed by atoms with Crippen molar-refractivity contribution in [1.29, 1.82) is 0 Å². The van der Waals surface area contributed by atoms with Gasteiger partial charge in [0, 0.05) is 12.1 Å². The van der Waals surface area contributed by atoms with Gasteiger partial charge in [0.05, 0.1) is 5.88 Å². The van der Waals surface area contributed by atoms with Gasteiger partial charge in [-0.1, -0.05) is 6.07 Å². The van der Waals surface area contributed by atoms with Gasteiger partial charge >= 0.3 is 0 Å². The molecule has 62 valence electrons. The van der Waals surface area contributed by atoms with Crippen LogP contribution >= 0.6 is 11.6 Å². The molecule has 0 aliphatic heterocycles. The molecule has 0 N–H and O–H groups in total. The molecule has 1 aromatic rings. The van der Waals surface area contributed by atoms with E-state index in [-0.39, 0.29) is 24.0 Å². The number of rotatable bonds is 2. The van der Waals surface area contributed by atoms with Crippen LogP contribution in [0.2, 0.25) is 0 Å². The number of halogens is 2. The summed E-state index contributed by atoms with van der Waals surface area (Å²) in [6.45, 7) is 2.09. The van der Waals surface area contributed by atoms with Crippen molar-refractivity contribution in [1.82, 2.24) is 0 Å². The van der Waals surface area contributed by atoms with Crippen LogP contribution in [0.5, 0.6) is 0 Å². The maximum Gasteiger partial charge on any atom is 0.169 e. The molecule has 0 aromatic carbocycles. The molecule has 0 aliphatic carbocycles. The van der Waals surface area contributed by atoms with Crippen molar-refractivity contribution in [2.75, 3.05) is 5.88 Å². The summed E-state index contributed by atoms with van der Waals surface area (Å²) in [5.41, 5.74) is 0. The lowest BCUT2D eigenvalue weighted by atomic mass is 10.3.